The average molecular weight is 1240 g/mol. The first kappa shape index (κ1) is 70.5. The maximum absolute atomic E-state index is 14.3. The van der Waals surface area contributed by atoms with Crippen molar-refractivity contribution in [1.82, 2.24) is 47.1 Å². The minimum Gasteiger partial charge on any atom is -0.508 e. The number of urea groups is 1. The molecule has 28 nitrogen and oxygen atoms in total. The molecular formula is C61H83N13O15. The second-order valence-corrected chi connectivity index (χ2v) is 22.7. The average Bonchev–Trinajstić information content (AvgIpc) is 2.20. The van der Waals surface area contributed by atoms with Gasteiger partial charge in [0.1, 0.15) is 36.0 Å². The lowest BCUT2D eigenvalue weighted by atomic mass is 9.90. The molecule has 0 aliphatic carbocycles. The number of nitrogens with one attached hydrogen (secondary N) is 8. The van der Waals surface area contributed by atoms with Gasteiger partial charge in [-0.05, 0) is 67.0 Å². The highest BCUT2D eigenvalue weighted by Crippen LogP contribution is 2.25. The normalized spacial score (nSPS) is 17.1. The Balaban J connectivity index is 1.29. The molecule has 482 valence electrons. The number of phenols is 1. The Labute approximate surface area is 514 Å². The van der Waals surface area contributed by atoms with E-state index in [0.717, 1.165) is 22.7 Å². The first-order valence-electron chi connectivity index (χ1n) is 29.2. The number of primary amides is 2. The summed E-state index contributed by atoms with van der Waals surface area (Å²) < 4.78 is 0. The van der Waals surface area contributed by atoms with Crippen molar-refractivity contribution in [3.8, 4) is 5.75 Å². The number of phenolic OH excluding ortho intramolecular Hbond substituents is 1. The molecule has 0 saturated carbocycles. The highest BCUT2D eigenvalue weighted by Gasteiger charge is 2.43. The van der Waals surface area contributed by atoms with Gasteiger partial charge in [0, 0.05) is 82.2 Å². The molecule has 18 N–H and O–H groups in total. The Morgan fingerprint density at radius 3 is 2.01 bits per heavy atom. The van der Waals surface area contributed by atoms with Crippen LogP contribution in [0, 0.1) is 17.8 Å². The highest BCUT2D eigenvalue weighted by molar-refractivity contribution is 6.00. The number of hydrogen-bond acceptors (Lipinski definition) is 16. The van der Waals surface area contributed by atoms with Crippen molar-refractivity contribution in [3.63, 3.8) is 0 Å². The van der Waals surface area contributed by atoms with E-state index in [9.17, 15) is 73.2 Å². The third-order valence-electron chi connectivity index (χ3n) is 15.1. The zero-order valence-corrected chi connectivity index (χ0v) is 50.4. The number of carbonyl (C=O) groups excluding carboxylic acids is 11. The van der Waals surface area contributed by atoms with E-state index in [2.05, 4.69) is 47.2 Å². The van der Waals surface area contributed by atoms with Crippen LogP contribution in [0.25, 0.3) is 10.9 Å². The smallest absolute Gasteiger partial charge is 0.315 e. The lowest BCUT2D eigenvalue weighted by Gasteiger charge is -2.30. The number of aromatic hydroxyl groups is 1. The number of guanidine groups is 1. The Kier molecular flexibility index (Phi) is 26.7. The number of rotatable bonds is 34. The van der Waals surface area contributed by atoms with Crippen molar-refractivity contribution in [1.29, 1.82) is 0 Å². The van der Waals surface area contributed by atoms with E-state index in [0.29, 0.717) is 17.5 Å². The molecular weight excluding hydrogens is 1150 g/mol. The topological polar surface area (TPSA) is 462 Å². The van der Waals surface area contributed by atoms with E-state index in [1.54, 1.807) is 26.1 Å². The van der Waals surface area contributed by atoms with Crippen LogP contribution in [0.4, 0.5) is 4.79 Å². The highest BCUT2D eigenvalue weighted by atomic mass is 16.3. The van der Waals surface area contributed by atoms with E-state index in [1.165, 1.54) is 62.5 Å². The molecule has 4 aromatic rings. The summed E-state index contributed by atoms with van der Waals surface area (Å²) in [6.07, 6.45) is -5.00. The first-order valence-corrected chi connectivity index (χ1v) is 29.2. The number of aliphatic imine (C=N–C) groups is 1. The standard InChI is InChI=1S/C61H83N13O15/c1-32(2)22-44(49(79)25-37(14-11-21-66-60(64)65-5)56(85)71-46(55(63)84)24-38-29-67-43-16-10-9-15-41(38)43)72-61(89)68-30-51(81)53(54(83)36-12-7-6-8-13-36)73-57(86)42(33(3)75)27-50(80)45(28-52(62)82)70-58(87)48-26-40(78)31-74(48)59(88)47(69-34(4)76)23-35-17-19-39(77)20-18-35/h6-10,12-13,15-20,29,32-33,37,40,42,44-48,53-54,67,75,77-78,83H,11,14,21-28,30-31H2,1-5H3,(H2,62,82)(H2,63,84)(H,69,76)(H,70,87)(H,71,85)(H,73,86)(H3,64,65,66)(H2,68,72,89)/t33-,37-,40-,42+,44+,45+,46+,47-,48+,53-,54+/m1/s1. The van der Waals surface area contributed by atoms with Gasteiger partial charge in [-0.1, -0.05) is 74.5 Å². The van der Waals surface area contributed by atoms with Crippen molar-refractivity contribution in [2.24, 2.45) is 39.9 Å². The van der Waals surface area contributed by atoms with Crippen LogP contribution in [0.1, 0.15) is 95.4 Å². The van der Waals surface area contributed by atoms with Gasteiger partial charge >= 0.3 is 6.03 Å². The third-order valence-corrected chi connectivity index (χ3v) is 15.1. The Bertz CT molecular complexity index is 3170. The monoisotopic (exact) mass is 1240 g/mol. The van der Waals surface area contributed by atoms with Crippen LogP contribution in [-0.2, 0) is 60.8 Å². The second kappa shape index (κ2) is 33.7. The molecule has 89 heavy (non-hydrogen) atoms. The molecule has 0 spiro atoms. The largest absolute Gasteiger partial charge is 0.508 e. The number of nitrogens with zero attached hydrogens (tertiary/aromatic N) is 2. The molecule has 0 unspecified atom stereocenters. The van der Waals surface area contributed by atoms with Gasteiger partial charge in [-0.15, -0.1) is 0 Å². The predicted octanol–water partition coefficient (Wildman–Crippen LogP) is -1.20. The number of para-hydroxylation sites is 1. The summed E-state index contributed by atoms with van der Waals surface area (Å²) >= 11 is 0. The number of H-pyrrole nitrogens is 1. The number of fused-ring (bicyclic) bond motifs is 1. The van der Waals surface area contributed by atoms with E-state index < -0.39 is 157 Å². The fourth-order valence-corrected chi connectivity index (χ4v) is 10.4. The number of β-amino-alcohol motifs (C(OH)–C–C–N with tert-alkyl or cyclic N) is 1. The number of Topliss-reactive ketones (excluding diaryl/α,β-unsaturated/α-hetero) is 3. The van der Waals surface area contributed by atoms with Gasteiger partial charge in [-0.25, -0.2) is 4.79 Å². The van der Waals surface area contributed by atoms with Crippen LogP contribution < -0.4 is 54.4 Å². The molecule has 9 amide bonds. The number of benzene rings is 3. The SMILES string of the molecule is CN=C(N)NCCC[C@H](CC(=O)[C@H](CC(C)C)NC(=O)NCC(=O)[C@@H](NC(=O)[C@@H](CC(=O)[C@H](CC(N)=O)NC(=O)[C@@H]1C[C@@H](O)CN1C(=O)[C@@H](Cc1ccc(O)cc1)NC(C)=O)[C@@H](C)O)[C@@H](O)c1ccccc1)C(=O)N[C@@H](Cc1c[nH]c2ccccc12)C(N)=O. The molecule has 5 rings (SSSR count). The first-order chi connectivity index (χ1) is 42.1. The van der Waals surface area contributed by atoms with E-state index in [1.807, 2.05) is 24.3 Å². The maximum atomic E-state index is 14.3. The minimum absolute atomic E-state index is 0.0392. The zero-order chi connectivity index (χ0) is 65.6. The molecule has 11 atom stereocenters. The van der Waals surface area contributed by atoms with Crippen LogP contribution in [-0.4, -0.2) is 176 Å². The number of hydrogen-bond donors (Lipinski definition) is 15. The van der Waals surface area contributed by atoms with Crippen LogP contribution in [0.15, 0.2) is 90.1 Å². The van der Waals surface area contributed by atoms with Crippen molar-refractivity contribution in [3.05, 3.63) is 102 Å². The number of amides is 9. The Hall–Kier alpha value is -9.28. The van der Waals surface area contributed by atoms with Crippen molar-refractivity contribution in [2.45, 2.75) is 140 Å². The number of carbonyl (C=O) groups is 11. The summed E-state index contributed by atoms with van der Waals surface area (Å²) in [7, 11) is 1.48. The number of nitrogens with two attached hydrogens (primary N) is 3. The summed E-state index contributed by atoms with van der Waals surface area (Å²) in [5.74, 6) is -11.5. The molecule has 1 aliphatic rings. The second-order valence-electron chi connectivity index (χ2n) is 22.7. The predicted molar refractivity (Wildman–Crippen MR) is 325 cm³/mol. The fourth-order valence-electron chi connectivity index (χ4n) is 10.4. The summed E-state index contributed by atoms with van der Waals surface area (Å²) in [6.45, 7) is 4.93. The Morgan fingerprint density at radius 2 is 1.38 bits per heavy atom. The van der Waals surface area contributed by atoms with Crippen LogP contribution in [0.3, 0.4) is 0 Å². The molecule has 0 radical (unpaired) electrons. The number of aliphatic hydroxyl groups excluding tert-OH is 3. The van der Waals surface area contributed by atoms with Crippen LogP contribution >= 0.6 is 0 Å². The molecule has 1 aliphatic heterocycles. The van der Waals surface area contributed by atoms with Crippen molar-refractivity contribution >= 4 is 81.6 Å². The van der Waals surface area contributed by atoms with E-state index in [-0.39, 0.29) is 68.4 Å². The number of ketones is 3. The maximum Gasteiger partial charge on any atom is 0.315 e. The molecule has 1 saturated heterocycles. The van der Waals surface area contributed by atoms with Gasteiger partial charge < -0.3 is 84.7 Å². The molecule has 1 aromatic heterocycles. The van der Waals surface area contributed by atoms with Crippen LogP contribution in [0.5, 0.6) is 5.75 Å². The lowest BCUT2D eigenvalue weighted by Crippen LogP contribution is -2.56. The molecule has 1 fully saturated rings. The molecule has 28 heteroatoms. The van der Waals surface area contributed by atoms with Gasteiger partial charge in [0.05, 0.1) is 43.2 Å². The summed E-state index contributed by atoms with van der Waals surface area (Å²) in [5.41, 5.74) is 19.3. The molecule has 0 bridgehead atoms. The lowest BCUT2D eigenvalue weighted by molar-refractivity contribution is -0.142. The van der Waals surface area contributed by atoms with Gasteiger partial charge in [0.2, 0.25) is 41.4 Å². The van der Waals surface area contributed by atoms with Crippen molar-refractivity contribution < 1.29 is 73.2 Å². The minimum atomic E-state index is -1.88. The summed E-state index contributed by atoms with van der Waals surface area (Å²) in [5, 5.41) is 61.8. The summed E-state index contributed by atoms with van der Waals surface area (Å²) in [4.78, 5) is 158. The van der Waals surface area contributed by atoms with E-state index >= 15 is 0 Å². The Morgan fingerprint density at radius 1 is 0.719 bits per heavy atom. The zero-order valence-electron chi connectivity index (χ0n) is 50.4. The number of likely N-dealkylation sites (tertiary alicyclic amines) is 1. The van der Waals surface area contributed by atoms with Gasteiger partial charge in [0.25, 0.3) is 0 Å². The van der Waals surface area contributed by atoms with E-state index in [4.69, 9.17) is 17.2 Å². The van der Waals surface area contributed by atoms with Crippen molar-refractivity contribution in [2.75, 3.05) is 26.7 Å². The molecule has 2 heterocycles. The molecule has 3 aromatic carbocycles. The summed E-state index contributed by atoms with van der Waals surface area (Å²) in [6, 6.07) is 11.0. The third kappa shape index (κ3) is 21.5. The number of aromatic amines is 1. The van der Waals surface area contributed by atoms with Gasteiger partial charge in [0.15, 0.2) is 23.3 Å². The fraction of sp³-hybridized carbons (Fsp3) is 0.475. The van der Waals surface area contributed by atoms with Crippen LogP contribution in [0.2, 0.25) is 0 Å². The van der Waals surface area contributed by atoms with Gasteiger partial charge in [-0.2, -0.15) is 0 Å². The number of aliphatic hydroxyl groups is 3. The quantitative estimate of drug-likeness (QED) is 0.0148. The number of aromatic nitrogens is 1. The van der Waals surface area contributed by atoms with Gasteiger partial charge in [-0.3, -0.25) is 52.9 Å².